The van der Waals surface area contributed by atoms with Crippen molar-refractivity contribution in [2.75, 3.05) is 6.61 Å². The molecule has 0 atom stereocenters. The van der Waals surface area contributed by atoms with E-state index in [-0.39, 0.29) is 5.75 Å². The van der Waals surface area contributed by atoms with Crippen molar-refractivity contribution >= 4 is 17.7 Å². The Morgan fingerprint density at radius 2 is 2.04 bits per heavy atom. The maximum Gasteiger partial charge on any atom is 0.349 e. The molecule has 28 heavy (non-hydrogen) atoms. The summed E-state index contributed by atoms with van der Waals surface area (Å²) in [6.45, 7) is 1.42. The normalized spacial score (nSPS) is 10.5. The first-order valence-corrected chi connectivity index (χ1v) is 9.11. The molecule has 3 aromatic rings. The lowest BCUT2D eigenvalue weighted by molar-refractivity contribution is -0.136. The van der Waals surface area contributed by atoms with Crippen molar-refractivity contribution in [3.63, 3.8) is 0 Å². The molecule has 1 aromatic carbocycles. The molecule has 0 fully saturated rings. The van der Waals surface area contributed by atoms with Crippen LogP contribution in [-0.2, 0) is 10.5 Å². The van der Waals surface area contributed by atoms with Crippen LogP contribution in [0.5, 0.6) is 11.5 Å². The third kappa shape index (κ3) is 5.65. The van der Waals surface area contributed by atoms with Crippen LogP contribution in [0.1, 0.15) is 11.5 Å². The number of rotatable bonds is 7. The molecule has 0 saturated carbocycles. The number of nitrogens with zero attached hydrogens (tertiary/aromatic N) is 2. The van der Waals surface area contributed by atoms with Crippen molar-refractivity contribution in [1.29, 1.82) is 0 Å². The van der Waals surface area contributed by atoms with Crippen molar-refractivity contribution in [2.24, 2.45) is 0 Å². The Hall–Kier alpha value is -3.20. The minimum absolute atomic E-state index is 0.242. The number of carbonyl (C=O) groups is 1. The van der Waals surface area contributed by atoms with E-state index in [0.29, 0.717) is 22.4 Å². The first-order valence-electron chi connectivity index (χ1n) is 8.13. The van der Waals surface area contributed by atoms with Crippen LogP contribution in [0.4, 0.5) is 4.39 Å². The van der Waals surface area contributed by atoms with Gasteiger partial charge in [0.15, 0.2) is 11.8 Å². The summed E-state index contributed by atoms with van der Waals surface area (Å²) in [7, 11) is 0. The van der Waals surface area contributed by atoms with Gasteiger partial charge in [0.1, 0.15) is 23.6 Å². The summed E-state index contributed by atoms with van der Waals surface area (Å²) in [5.41, 5.74) is 0.339. The van der Waals surface area contributed by atoms with Crippen LogP contribution in [0.2, 0.25) is 0 Å². The fourth-order valence-electron chi connectivity index (χ4n) is 2.04. The molecule has 0 aliphatic carbocycles. The number of aromatic nitrogens is 2. The van der Waals surface area contributed by atoms with Crippen LogP contribution in [-0.4, -0.2) is 22.5 Å². The molecule has 0 aliphatic rings. The first-order chi connectivity index (χ1) is 13.5. The standard InChI is InChI=1S/C19H15FN2O5S/c1-12-6-7-21-19(22-12)28-11-15-8-16(23)17(9-25-15)27-18(24)10-26-14-4-2-13(20)3-5-14/h2-9H,10-11H2,1H3. The summed E-state index contributed by atoms with van der Waals surface area (Å²) >= 11 is 1.31. The van der Waals surface area contributed by atoms with E-state index in [0.717, 1.165) is 12.0 Å². The van der Waals surface area contributed by atoms with E-state index in [9.17, 15) is 14.0 Å². The topological polar surface area (TPSA) is 91.5 Å². The number of esters is 1. The molecule has 2 heterocycles. The summed E-state index contributed by atoms with van der Waals surface area (Å²) in [6.07, 6.45) is 2.72. The molecule has 0 aliphatic heterocycles. The summed E-state index contributed by atoms with van der Waals surface area (Å²) in [5.74, 6) is -0.404. The highest BCUT2D eigenvalue weighted by Crippen LogP contribution is 2.19. The average Bonchev–Trinajstić information content (AvgIpc) is 2.68. The number of benzene rings is 1. The van der Waals surface area contributed by atoms with Gasteiger partial charge in [-0.05, 0) is 37.3 Å². The highest BCUT2D eigenvalue weighted by molar-refractivity contribution is 7.98. The second-order valence-corrected chi connectivity index (χ2v) is 6.50. The molecule has 0 N–H and O–H groups in total. The highest BCUT2D eigenvalue weighted by Gasteiger charge is 2.12. The van der Waals surface area contributed by atoms with Gasteiger partial charge in [0.2, 0.25) is 11.2 Å². The van der Waals surface area contributed by atoms with Crippen LogP contribution >= 0.6 is 11.8 Å². The Labute approximate surface area is 163 Å². The number of halogens is 1. The number of hydrogen-bond donors (Lipinski definition) is 0. The zero-order valence-corrected chi connectivity index (χ0v) is 15.6. The van der Waals surface area contributed by atoms with Crippen molar-refractivity contribution in [2.45, 2.75) is 17.8 Å². The van der Waals surface area contributed by atoms with E-state index in [2.05, 4.69) is 9.97 Å². The summed E-state index contributed by atoms with van der Waals surface area (Å²) in [5, 5.41) is 0.566. The van der Waals surface area contributed by atoms with E-state index < -0.39 is 23.8 Å². The predicted octanol–water partition coefficient (Wildman–Crippen LogP) is 3.15. The van der Waals surface area contributed by atoms with E-state index in [1.165, 1.54) is 42.1 Å². The molecule has 0 radical (unpaired) electrons. The van der Waals surface area contributed by atoms with Crippen LogP contribution in [0, 0.1) is 12.7 Å². The maximum absolute atomic E-state index is 12.8. The lowest BCUT2D eigenvalue weighted by Crippen LogP contribution is -2.20. The number of ether oxygens (including phenoxy) is 2. The Morgan fingerprint density at radius 3 is 2.75 bits per heavy atom. The molecule has 0 amide bonds. The molecular formula is C19H15FN2O5S. The molecular weight excluding hydrogens is 387 g/mol. The highest BCUT2D eigenvalue weighted by atomic mass is 32.2. The van der Waals surface area contributed by atoms with Gasteiger partial charge in [-0.25, -0.2) is 19.2 Å². The van der Waals surface area contributed by atoms with Gasteiger partial charge in [-0.1, -0.05) is 11.8 Å². The zero-order valence-electron chi connectivity index (χ0n) is 14.8. The summed E-state index contributed by atoms with van der Waals surface area (Å²) < 4.78 is 28.3. The third-order valence-electron chi connectivity index (χ3n) is 3.36. The van der Waals surface area contributed by atoms with Gasteiger partial charge < -0.3 is 13.9 Å². The predicted molar refractivity (Wildman–Crippen MR) is 98.8 cm³/mol. The van der Waals surface area contributed by atoms with Gasteiger partial charge in [-0.2, -0.15) is 0 Å². The largest absolute Gasteiger partial charge is 0.482 e. The maximum atomic E-state index is 12.8. The molecule has 0 unspecified atom stereocenters. The Balaban J connectivity index is 1.53. The lowest BCUT2D eigenvalue weighted by atomic mass is 10.3. The number of carbonyl (C=O) groups excluding carboxylic acids is 1. The molecule has 0 bridgehead atoms. The van der Waals surface area contributed by atoms with Gasteiger partial charge in [0.25, 0.3) is 0 Å². The van der Waals surface area contributed by atoms with Gasteiger partial charge in [0.05, 0.1) is 5.75 Å². The smallest absolute Gasteiger partial charge is 0.349 e. The fraction of sp³-hybridized carbons (Fsp3) is 0.158. The van der Waals surface area contributed by atoms with E-state index in [1.54, 1.807) is 12.3 Å². The monoisotopic (exact) mass is 402 g/mol. The third-order valence-corrected chi connectivity index (χ3v) is 4.25. The molecule has 0 saturated heterocycles. The lowest BCUT2D eigenvalue weighted by Gasteiger charge is -2.06. The number of hydrogen-bond acceptors (Lipinski definition) is 8. The SMILES string of the molecule is Cc1ccnc(SCc2cc(=O)c(OC(=O)COc3ccc(F)cc3)co2)n1. The van der Waals surface area contributed by atoms with Crippen molar-refractivity contribution in [3.8, 4) is 11.5 Å². The first kappa shape index (κ1) is 19.6. The van der Waals surface area contributed by atoms with Gasteiger partial charge in [-0.3, -0.25) is 4.79 Å². The van der Waals surface area contributed by atoms with E-state index in [4.69, 9.17) is 13.9 Å². The van der Waals surface area contributed by atoms with Gasteiger partial charge >= 0.3 is 5.97 Å². The Morgan fingerprint density at radius 1 is 1.25 bits per heavy atom. The van der Waals surface area contributed by atoms with Crippen LogP contribution in [0.25, 0.3) is 0 Å². The minimum atomic E-state index is -0.785. The van der Waals surface area contributed by atoms with Crippen molar-refractivity contribution in [3.05, 3.63) is 76.4 Å². The van der Waals surface area contributed by atoms with Gasteiger partial charge in [-0.15, -0.1) is 0 Å². The van der Waals surface area contributed by atoms with Crippen molar-refractivity contribution in [1.82, 2.24) is 9.97 Å². The zero-order chi connectivity index (χ0) is 19.9. The Kier molecular flexibility index (Phi) is 6.38. The Bertz CT molecular complexity index is 1020. The van der Waals surface area contributed by atoms with E-state index in [1.807, 2.05) is 6.92 Å². The second kappa shape index (κ2) is 9.14. The molecule has 7 nitrogen and oxygen atoms in total. The minimum Gasteiger partial charge on any atom is -0.482 e. The quantitative estimate of drug-likeness (QED) is 0.338. The average molecular weight is 402 g/mol. The second-order valence-electron chi connectivity index (χ2n) is 5.56. The number of aryl methyl sites for hydroxylation is 1. The molecule has 2 aromatic heterocycles. The molecule has 144 valence electrons. The summed E-state index contributed by atoms with van der Waals surface area (Å²) in [6, 6.07) is 8.18. The summed E-state index contributed by atoms with van der Waals surface area (Å²) in [4.78, 5) is 32.3. The fourth-order valence-corrected chi connectivity index (χ4v) is 2.81. The van der Waals surface area contributed by atoms with Crippen LogP contribution in [0.3, 0.4) is 0 Å². The van der Waals surface area contributed by atoms with Crippen molar-refractivity contribution < 1.29 is 23.1 Å². The van der Waals surface area contributed by atoms with Crippen LogP contribution in [0.15, 0.2) is 63.2 Å². The molecule has 3 rings (SSSR count). The number of thioether (sulfide) groups is 1. The molecule has 0 spiro atoms. The van der Waals surface area contributed by atoms with Gasteiger partial charge in [0, 0.05) is 18.0 Å². The van der Waals surface area contributed by atoms with E-state index >= 15 is 0 Å². The van der Waals surface area contributed by atoms with Crippen LogP contribution < -0.4 is 14.9 Å². The molecule has 9 heteroatoms.